The van der Waals surface area contributed by atoms with Crippen LogP contribution in [0.4, 0.5) is 0 Å². The van der Waals surface area contributed by atoms with E-state index in [2.05, 4.69) is 5.32 Å². The predicted molar refractivity (Wildman–Crippen MR) is 84.3 cm³/mol. The quantitative estimate of drug-likeness (QED) is 0.857. The largest absolute Gasteiger partial charge is 0.318 e. The average molecular weight is 315 g/mol. The number of likely N-dealkylation sites (N-methyl/N-ethyl adjacent to an activating group) is 1. The van der Waals surface area contributed by atoms with E-state index in [0.29, 0.717) is 12.5 Å². The molecule has 5 nitrogen and oxygen atoms in total. The van der Waals surface area contributed by atoms with Gasteiger partial charge in [-0.1, -0.05) is 12.8 Å². The van der Waals surface area contributed by atoms with Crippen molar-refractivity contribution in [3.63, 3.8) is 0 Å². The molecule has 6 heteroatoms. The van der Waals surface area contributed by atoms with Gasteiger partial charge in [0.15, 0.2) is 0 Å². The van der Waals surface area contributed by atoms with E-state index >= 15 is 0 Å². The van der Waals surface area contributed by atoms with E-state index < -0.39 is 10.2 Å². The van der Waals surface area contributed by atoms with Crippen LogP contribution in [0.15, 0.2) is 0 Å². The van der Waals surface area contributed by atoms with Crippen LogP contribution in [0, 0.1) is 5.92 Å². The second kappa shape index (κ2) is 6.52. The summed E-state index contributed by atoms with van der Waals surface area (Å²) in [4.78, 5) is 0. The molecule has 2 heterocycles. The first-order chi connectivity index (χ1) is 10.1. The van der Waals surface area contributed by atoms with Crippen molar-refractivity contribution in [1.29, 1.82) is 0 Å². The Balaban J connectivity index is 1.80. The molecule has 3 fully saturated rings. The zero-order valence-corrected chi connectivity index (χ0v) is 13.9. The van der Waals surface area contributed by atoms with Crippen LogP contribution in [-0.2, 0) is 10.2 Å². The highest BCUT2D eigenvalue weighted by atomic mass is 32.2. The third-order valence-corrected chi connectivity index (χ3v) is 7.67. The second-order valence-electron chi connectivity index (χ2n) is 6.84. The number of nitrogens with zero attached hydrogens (tertiary/aromatic N) is 2. The number of piperidine rings is 2. The zero-order chi connectivity index (χ0) is 14.9. The fraction of sp³-hybridized carbons (Fsp3) is 1.00. The van der Waals surface area contributed by atoms with Gasteiger partial charge in [-0.2, -0.15) is 17.0 Å². The van der Waals surface area contributed by atoms with E-state index in [1.54, 1.807) is 4.31 Å². The van der Waals surface area contributed by atoms with Crippen molar-refractivity contribution in [2.45, 2.75) is 63.5 Å². The minimum atomic E-state index is -3.28. The standard InChI is InChI=1S/C15H29N3O2S/c1-16-12-14-8-2-3-10-17(14)21(19,20)18-11-5-7-13-6-4-9-15(13)18/h13-16H,2-12H2,1H3. The molecule has 0 radical (unpaired) electrons. The molecule has 3 aliphatic rings. The third-order valence-electron chi connectivity index (χ3n) is 5.55. The van der Waals surface area contributed by atoms with Gasteiger partial charge in [-0.15, -0.1) is 0 Å². The van der Waals surface area contributed by atoms with Crippen LogP contribution >= 0.6 is 0 Å². The number of rotatable bonds is 4. The molecule has 1 aliphatic carbocycles. The fourth-order valence-electron chi connectivity index (χ4n) is 4.55. The molecule has 2 aliphatic heterocycles. The first kappa shape index (κ1) is 15.7. The second-order valence-corrected chi connectivity index (χ2v) is 8.67. The van der Waals surface area contributed by atoms with E-state index in [9.17, 15) is 8.42 Å². The first-order valence-corrected chi connectivity index (χ1v) is 9.97. The lowest BCUT2D eigenvalue weighted by molar-refractivity contribution is 0.169. The lowest BCUT2D eigenvalue weighted by Crippen LogP contribution is -2.57. The van der Waals surface area contributed by atoms with Gasteiger partial charge in [-0.25, -0.2) is 0 Å². The molecule has 3 rings (SSSR count). The van der Waals surface area contributed by atoms with Gasteiger partial charge in [0.05, 0.1) is 0 Å². The van der Waals surface area contributed by atoms with Crippen molar-refractivity contribution in [1.82, 2.24) is 13.9 Å². The van der Waals surface area contributed by atoms with Crippen LogP contribution in [0.25, 0.3) is 0 Å². The van der Waals surface area contributed by atoms with Crippen molar-refractivity contribution in [3.05, 3.63) is 0 Å². The Morgan fingerprint density at radius 1 is 0.952 bits per heavy atom. The molecule has 122 valence electrons. The Bertz CT molecular complexity index is 452. The van der Waals surface area contributed by atoms with Crippen molar-refractivity contribution < 1.29 is 8.42 Å². The Labute approximate surface area is 129 Å². The summed E-state index contributed by atoms with van der Waals surface area (Å²) < 4.78 is 30.0. The molecule has 3 unspecified atom stereocenters. The minimum absolute atomic E-state index is 0.135. The van der Waals surface area contributed by atoms with Gasteiger partial charge >= 0.3 is 0 Å². The molecule has 0 amide bonds. The Kier molecular flexibility index (Phi) is 4.88. The smallest absolute Gasteiger partial charge is 0.282 e. The molecular formula is C15H29N3O2S. The normalized spacial score (nSPS) is 35.8. The molecule has 0 spiro atoms. The molecule has 1 saturated carbocycles. The lowest BCUT2D eigenvalue weighted by atomic mass is 9.94. The van der Waals surface area contributed by atoms with Crippen LogP contribution < -0.4 is 5.32 Å². The summed E-state index contributed by atoms with van der Waals surface area (Å²) in [5, 5.41) is 3.16. The molecule has 0 aromatic rings. The average Bonchev–Trinajstić information content (AvgIpc) is 2.96. The van der Waals surface area contributed by atoms with E-state index in [4.69, 9.17) is 0 Å². The summed E-state index contributed by atoms with van der Waals surface area (Å²) in [5.41, 5.74) is 0. The van der Waals surface area contributed by atoms with Crippen LogP contribution in [0.5, 0.6) is 0 Å². The number of hydrogen-bond acceptors (Lipinski definition) is 3. The van der Waals surface area contributed by atoms with Crippen molar-refractivity contribution >= 4 is 10.2 Å². The Morgan fingerprint density at radius 3 is 2.52 bits per heavy atom. The van der Waals surface area contributed by atoms with Crippen molar-refractivity contribution in [3.8, 4) is 0 Å². The van der Waals surface area contributed by atoms with Gasteiger partial charge in [-0.05, 0) is 51.5 Å². The lowest BCUT2D eigenvalue weighted by Gasteiger charge is -2.43. The van der Waals surface area contributed by atoms with Gasteiger partial charge in [-0.3, -0.25) is 0 Å². The van der Waals surface area contributed by atoms with Gasteiger partial charge in [0.1, 0.15) is 0 Å². The number of hydrogen-bond donors (Lipinski definition) is 1. The number of nitrogens with one attached hydrogen (secondary N) is 1. The summed E-state index contributed by atoms with van der Waals surface area (Å²) in [6.07, 6.45) is 8.86. The maximum Gasteiger partial charge on any atom is 0.282 e. The molecule has 0 bridgehead atoms. The minimum Gasteiger partial charge on any atom is -0.318 e. The van der Waals surface area contributed by atoms with Crippen LogP contribution in [0.3, 0.4) is 0 Å². The van der Waals surface area contributed by atoms with Gasteiger partial charge < -0.3 is 5.32 Å². The van der Waals surface area contributed by atoms with Crippen LogP contribution in [-0.4, -0.2) is 55.8 Å². The summed E-state index contributed by atoms with van der Waals surface area (Å²) in [6.45, 7) is 2.19. The van der Waals surface area contributed by atoms with Crippen molar-refractivity contribution in [2.24, 2.45) is 5.92 Å². The summed E-state index contributed by atoms with van der Waals surface area (Å²) >= 11 is 0. The molecule has 1 N–H and O–H groups in total. The Hall–Kier alpha value is -0.170. The van der Waals surface area contributed by atoms with Crippen molar-refractivity contribution in [2.75, 3.05) is 26.7 Å². The summed E-state index contributed by atoms with van der Waals surface area (Å²) in [5.74, 6) is 0.612. The third kappa shape index (κ3) is 3.00. The van der Waals surface area contributed by atoms with Crippen LogP contribution in [0.2, 0.25) is 0 Å². The monoisotopic (exact) mass is 315 g/mol. The molecule has 3 atom stereocenters. The Morgan fingerprint density at radius 2 is 1.71 bits per heavy atom. The zero-order valence-electron chi connectivity index (χ0n) is 13.1. The fourth-order valence-corrected chi connectivity index (χ4v) is 6.71. The summed E-state index contributed by atoms with van der Waals surface area (Å²) in [6, 6.07) is 0.413. The van der Waals surface area contributed by atoms with Gasteiger partial charge in [0.25, 0.3) is 10.2 Å². The van der Waals surface area contributed by atoms with E-state index in [-0.39, 0.29) is 12.1 Å². The predicted octanol–water partition coefficient (Wildman–Crippen LogP) is 1.57. The van der Waals surface area contributed by atoms with Crippen LogP contribution in [0.1, 0.15) is 51.4 Å². The molecule has 2 saturated heterocycles. The maximum atomic E-state index is 13.2. The highest BCUT2D eigenvalue weighted by molar-refractivity contribution is 7.86. The van der Waals surface area contributed by atoms with E-state index in [1.807, 2.05) is 11.4 Å². The first-order valence-electron chi connectivity index (χ1n) is 8.58. The molecular weight excluding hydrogens is 286 g/mol. The SMILES string of the molecule is CNCC1CCCCN1S(=O)(=O)N1CCCC2CCCC21. The number of fused-ring (bicyclic) bond motifs is 1. The molecule has 0 aromatic heterocycles. The van der Waals surface area contributed by atoms with Gasteiger partial charge in [0.2, 0.25) is 0 Å². The summed E-state index contributed by atoms with van der Waals surface area (Å²) in [7, 11) is -1.37. The van der Waals surface area contributed by atoms with Gasteiger partial charge in [0, 0.05) is 31.7 Å². The molecule has 0 aromatic carbocycles. The highest BCUT2D eigenvalue weighted by Crippen LogP contribution is 2.39. The van der Waals surface area contributed by atoms with E-state index in [0.717, 1.165) is 45.2 Å². The van der Waals surface area contributed by atoms with E-state index in [1.165, 1.54) is 19.3 Å². The highest BCUT2D eigenvalue weighted by Gasteiger charge is 2.44. The maximum absolute atomic E-state index is 13.2. The molecule has 21 heavy (non-hydrogen) atoms. The topological polar surface area (TPSA) is 52.7 Å².